The summed E-state index contributed by atoms with van der Waals surface area (Å²) in [6.07, 6.45) is 4.75. The van der Waals surface area contributed by atoms with Crippen molar-refractivity contribution in [3.05, 3.63) is 34.9 Å². The first-order valence-corrected chi connectivity index (χ1v) is 7.81. The predicted molar refractivity (Wildman–Crippen MR) is 84.0 cm³/mol. The molecule has 1 aliphatic carbocycles. The summed E-state index contributed by atoms with van der Waals surface area (Å²) in [6, 6.07) is 6.91. The molecule has 0 radical (unpaired) electrons. The normalized spacial score (nSPS) is 15.5. The lowest BCUT2D eigenvalue weighted by atomic mass is 10.2. The molecule has 21 heavy (non-hydrogen) atoms. The molecule has 0 bridgehead atoms. The summed E-state index contributed by atoms with van der Waals surface area (Å²) in [5.74, 6) is 0.588. The minimum atomic E-state index is -0.232. The number of hydrogen-bond donors (Lipinski definition) is 1. The third kappa shape index (κ3) is 2.72. The van der Waals surface area contributed by atoms with Crippen LogP contribution in [0.4, 0.5) is 16.0 Å². The number of halogens is 1. The smallest absolute Gasteiger partial charge is 0.230 e. The van der Waals surface area contributed by atoms with Gasteiger partial charge >= 0.3 is 0 Å². The fraction of sp³-hybridized carbons (Fsp3) is 0.467. The molecule has 3 rings (SSSR count). The van der Waals surface area contributed by atoms with Crippen molar-refractivity contribution in [2.24, 2.45) is 0 Å². The van der Waals surface area contributed by atoms with Crippen LogP contribution in [0.15, 0.2) is 24.3 Å². The number of nitrogens with zero attached hydrogens (tertiary/aromatic N) is 3. The van der Waals surface area contributed by atoms with Gasteiger partial charge in [-0.25, -0.2) is 9.49 Å². The van der Waals surface area contributed by atoms with Gasteiger partial charge in [-0.2, -0.15) is 0 Å². The topological polar surface area (TPSA) is 36.9 Å². The lowest BCUT2D eigenvalue weighted by Gasteiger charge is -2.24. The van der Waals surface area contributed by atoms with Crippen LogP contribution in [-0.2, 0) is 0 Å². The Hall–Kier alpha value is -1.69. The average Bonchev–Trinajstić information content (AvgIpc) is 3.11. The van der Waals surface area contributed by atoms with Crippen LogP contribution in [0.3, 0.4) is 0 Å². The molecule has 4 nitrogen and oxygen atoms in total. The van der Waals surface area contributed by atoms with Gasteiger partial charge in [0.15, 0.2) is 4.77 Å². The van der Waals surface area contributed by atoms with E-state index in [1.165, 1.54) is 25.0 Å². The van der Waals surface area contributed by atoms with Crippen molar-refractivity contribution in [2.45, 2.75) is 38.6 Å². The Morgan fingerprint density at radius 3 is 2.62 bits per heavy atom. The summed E-state index contributed by atoms with van der Waals surface area (Å²) in [6.45, 7) is 2.80. The SMILES string of the molecule is CCN(c1ccc(F)cc1)c1n[nH]c(=S)n1C1CCCC1. The van der Waals surface area contributed by atoms with E-state index in [0.29, 0.717) is 10.8 Å². The number of anilines is 2. The Morgan fingerprint density at radius 1 is 1.33 bits per heavy atom. The maximum absolute atomic E-state index is 13.1. The van der Waals surface area contributed by atoms with E-state index in [9.17, 15) is 4.39 Å². The molecule has 0 unspecified atom stereocenters. The van der Waals surface area contributed by atoms with Gasteiger partial charge < -0.3 is 4.90 Å². The van der Waals surface area contributed by atoms with Gasteiger partial charge in [-0.05, 0) is 56.2 Å². The van der Waals surface area contributed by atoms with Gasteiger partial charge in [0.1, 0.15) is 5.82 Å². The Balaban J connectivity index is 2.01. The minimum absolute atomic E-state index is 0.232. The van der Waals surface area contributed by atoms with E-state index in [1.807, 2.05) is 0 Å². The van der Waals surface area contributed by atoms with E-state index in [2.05, 4.69) is 26.6 Å². The third-order valence-corrected chi connectivity index (χ3v) is 4.36. The average molecular weight is 306 g/mol. The predicted octanol–water partition coefficient (Wildman–Crippen LogP) is 4.35. The van der Waals surface area contributed by atoms with Gasteiger partial charge in [0.05, 0.1) is 0 Å². The number of H-pyrrole nitrogens is 1. The molecule has 1 fully saturated rings. The van der Waals surface area contributed by atoms with Crippen LogP contribution in [0.2, 0.25) is 0 Å². The van der Waals surface area contributed by atoms with Crippen molar-refractivity contribution in [3.63, 3.8) is 0 Å². The molecule has 6 heteroatoms. The van der Waals surface area contributed by atoms with Crippen LogP contribution in [0.25, 0.3) is 0 Å². The Morgan fingerprint density at radius 2 is 2.00 bits per heavy atom. The second kappa shape index (κ2) is 5.97. The van der Waals surface area contributed by atoms with E-state index in [0.717, 1.165) is 31.0 Å². The zero-order chi connectivity index (χ0) is 14.8. The third-order valence-electron chi connectivity index (χ3n) is 4.07. The van der Waals surface area contributed by atoms with Gasteiger partial charge in [0, 0.05) is 18.3 Å². The van der Waals surface area contributed by atoms with Crippen molar-refractivity contribution < 1.29 is 4.39 Å². The first kappa shape index (κ1) is 14.3. The summed E-state index contributed by atoms with van der Waals surface area (Å²) in [5.41, 5.74) is 0.923. The van der Waals surface area contributed by atoms with Crippen molar-refractivity contribution in [2.75, 3.05) is 11.4 Å². The number of nitrogens with one attached hydrogen (secondary N) is 1. The molecular weight excluding hydrogens is 287 g/mol. The summed E-state index contributed by atoms with van der Waals surface area (Å²) in [5, 5.41) is 7.32. The highest BCUT2D eigenvalue weighted by Gasteiger charge is 2.24. The maximum Gasteiger partial charge on any atom is 0.230 e. The van der Waals surface area contributed by atoms with E-state index >= 15 is 0 Å². The van der Waals surface area contributed by atoms with E-state index < -0.39 is 0 Å². The summed E-state index contributed by atoms with van der Waals surface area (Å²) < 4.78 is 15.9. The summed E-state index contributed by atoms with van der Waals surface area (Å²) in [7, 11) is 0. The van der Waals surface area contributed by atoms with Crippen LogP contribution in [0.1, 0.15) is 38.6 Å². The molecule has 0 saturated heterocycles. The molecule has 1 heterocycles. The fourth-order valence-electron chi connectivity index (χ4n) is 3.04. The molecule has 1 aliphatic rings. The number of aromatic nitrogens is 3. The van der Waals surface area contributed by atoms with Gasteiger partial charge in [0.2, 0.25) is 5.95 Å². The number of aromatic amines is 1. The van der Waals surface area contributed by atoms with Gasteiger partial charge in [-0.1, -0.05) is 12.8 Å². The highest BCUT2D eigenvalue weighted by atomic mass is 32.1. The molecule has 1 N–H and O–H groups in total. The quantitative estimate of drug-likeness (QED) is 0.853. The summed E-state index contributed by atoms with van der Waals surface area (Å²) >= 11 is 5.41. The first-order chi connectivity index (χ1) is 10.2. The second-order valence-electron chi connectivity index (χ2n) is 5.36. The minimum Gasteiger partial charge on any atom is -0.311 e. The van der Waals surface area contributed by atoms with Crippen molar-refractivity contribution in [1.29, 1.82) is 0 Å². The van der Waals surface area contributed by atoms with E-state index in [1.54, 1.807) is 12.1 Å². The Labute approximate surface area is 128 Å². The van der Waals surface area contributed by atoms with Crippen molar-refractivity contribution >= 4 is 23.9 Å². The first-order valence-electron chi connectivity index (χ1n) is 7.40. The van der Waals surface area contributed by atoms with Gasteiger partial charge in [0.25, 0.3) is 0 Å². The molecule has 1 aromatic carbocycles. The standard InChI is InChI=1S/C15H19FN4S/c1-2-19(12-9-7-11(16)8-10-12)14-17-18-15(21)20(14)13-5-3-4-6-13/h7-10,13H,2-6H2,1H3,(H,18,21). The zero-order valence-corrected chi connectivity index (χ0v) is 12.9. The van der Waals surface area contributed by atoms with Crippen LogP contribution >= 0.6 is 12.2 Å². The van der Waals surface area contributed by atoms with E-state index in [4.69, 9.17) is 12.2 Å². The largest absolute Gasteiger partial charge is 0.311 e. The number of benzene rings is 1. The van der Waals surface area contributed by atoms with Crippen molar-refractivity contribution in [3.8, 4) is 0 Å². The van der Waals surface area contributed by atoms with Crippen LogP contribution in [0.5, 0.6) is 0 Å². The van der Waals surface area contributed by atoms with Gasteiger partial charge in [-0.3, -0.25) is 4.57 Å². The molecule has 112 valence electrons. The maximum atomic E-state index is 13.1. The second-order valence-corrected chi connectivity index (χ2v) is 5.74. The number of hydrogen-bond acceptors (Lipinski definition) is 3. The molecule has 0 spiro atoms. The number of rotatable bonds is 4. The van der Waals surface area contributed by atoms with Gasteiger partial charge in [-0.15, -0.1) is 5.10 Å². The Bertz CT molecular complexity index is 655. The highest BCUT2D eigenvalue weighted by Crippen LogP contribution is 2.34. The highest BCUT2D eigenvalue weighted by molar-refractivity contribution is 7.71. The van der Waals surface area contributed by atoms with Crippen LogP contribution in [0, 0.1) is 10.6 Å². The van der Waals surface area contributed by atoms with E-state index in [-0.39, 0.29) is 5.82 Å². The lowest BCUT2D eigenvalue weighted by molar-refractivity contribution is 0.511. The molecule has 0 atom stereocenters. The fourth-order valence-corrected chi connectivity index (χ4v) is 3.32. The molecule has 2 aromatic rings. The molecule has 1 aromatic heterocycles. The summed E-state index contributed by atoms with van der Waals surface area (Å²) in [4.78, 5) is 2.06. The lowest BCUT2D eigenvalue weighted by Crippen LogP contribution is -2.22. The molecule has 0 amide bonds. The van der Waals surface area contributed by atoms with Crippen LogP contribution in [-0.4, -0.2) is 21.3 Å². The molecule has 0 aliphatic heterocycles. The Kier molecular flexibility index (Phi) is 4.05. The molecule has 1 saturated carbocycles. The monoisotopic (exact) mass is 306 g/mol. The zero-order valence-electron chi connectivity index (χ0n) is 12.1. The van der Waals surface area contributed by atoms with Crippen LogP contribution < -0.4 is 4.90 Å². The molecular formula is C15H19FN4S. The van der Waals surface area contributed by atoms with Crippen molar-refractivity contribution in [1.82, 2.24) is 14.8 Å².